The van der Waals surface area contributed by atoms with Gasteiger partial charge in [0.25, 0.3) is 0 Å². The van der Waals surface area contributed by atoms with Gasteiger partial charge in [-0.1, -0.05) is 12.1 Å². The van der Waals surface area contributed by atoms with E-state index >= 15 is 0 Å². The molecule has 4 aromatic rings. The summed E-state index contributed by atoms with van der Waals surface area (Å²) >= 11 is 0. The van der Waals surface area contributed by atoms with Gasteiger partial charge in [-0.2, -0.15) is 13.2 Å². The molecular weight excluding hydrogens is 511 g/mol. The molecule has 5 N–H and O–H groups in total. The van der Waals surface area contributed by atoms with E-state index < -0.39 is 24.3 Å². The Hall–Kier alpha value is -3.80. The average Bonchev–Trinajstić information content (AvgIpc) is 2.93. The van der Waals surface area contributed by atoms with Crippen molar-refractivity contribution in [1.82, 2.24) is 15.3 Å². The Balaban J connectivity index is 1.20. The molecule has 0 aliphatic carbocycles. The van der Waals surface area contributed by atoms with Gasteiger partial charge in [-0.05, 0) is 60.8 Å². The topological polar surface area (TPSA) is 122 Å². The molecule has 0 unspecified atom stereocenters. The number of primary amides is 1. The van der Waals surface area contributed by atoms with Crippen molar-refractivity contribution in [2.75, 3.05) is 31.6 Å². The van der Waals surface area contributed by atoms with E-state index in [4.69, 9.17) is 10.5 Å². The number of benzene rings is 2. The molecule has 0 radical (unpaired) electrons. The van der Waals surface area contributed by atoms with Crippen LogP contribution < -0.4 is 16.4 Å². The average molecular weight is 542 g/mol. The lowest BCUT2D eigenvalue weighted by Crippen LogP contribution is -2.17. The van der Waals surface area contributed by atoms with Crippen LogP contribution in [0.2, 0.25) is 0 Å². The predicted molar refractivity (Wildman–Crippen MR) is 143 cm³/mol. The molecule has 0 spiro atoms. The van der Waals surface area contributed by atoms with Crippen LogP contribution in [0.4, 0.5) is 19.0 Å². The van der Waals surface area contributed by atoms with E-state index in [0.717, 1.165) is 41.1 Å². The summed E-state index contributed by atoms with van der Waals surface area (Å²) in [5.74, 6) is 0.142. The summed E-state index contributed by atoms with van der Waals surface area (Å²) in [6.07, 6.45) is 0.594. The van der Waals surface area contributed by atoms with Crippen LogP contribution in [-0.2, 0) is 24.1 Å². The first kappa shape index (κ1) is 28.2. The van der Waals surface area contributed by atoms with Gasteiger partial charge in [-0.25, -0.2) is 4.98 Å². The lowest BCUT2D eigenvalue weighted by Gasteiger charge is -2.13. The molecule has 11 heteroatoms. The molecule has 206 valence electrons. The summed E-state index contributed by atoms with van der Waals surface area (Å²) in [5.41, 5.74) is 6.40. The van der Waals surface area contributed by atoms with Crippen molar-refractivity contribution >= 4 is 33.4 Å². The number of hydrogen-bond acceptors (Lipinski definition) is 7. The number of alkyl halides is 3. The summed E-state index contributed by atoms with van der Waals surface area (Å²) < 4.78 is 44.8. The highest BCUT2D eigenvalue weighted by atomic mass is 19.4. The molecule has 0 aliphatic rings. The third-order valence-electron chi connectivity index (χ3n) is 6.20. The summed E-state index contributed by atoms with van der Waals surface area (Å²) in [6.45, 7) is 1.98. The fourth-order valence-electron chi connectivity index (χ4n) is 4.29. The van der Waals surface area contributed by atoms with Gasteiger partial charge in [-0.15, -0.1) is 0 Å². The number of amides is 1. The summed E-state index contributed by atoms with van der Waals surface area (Å²) in [7, 11) is 0. The highest BCUT2D eigenvalue weighted by molar-refractivity contribution is 6.11. The number of rotatable bonds is 13. The fourth-order valence-corrected chi connectivity index (χ4v) is 4.29. The van der Waals surface area contributed by atoms with E-state index in [1.165, 1.54) is 0 Å². The van der Waals surface area contributed by atoms with Crippen molar-refractivity contribution in [3.8, 4) is 0 Å². The quantitative estimate of drug-likeness (QED) is 0.146. The number of carbonyl (C=O) groups is 1. The molecule has 0 aliphatic heterocycles. The number of aliphatic hydroxyl groups is 1. The standard InChI is InChI=1S/C28H30F3N5O3/c29-28(30,31)21-12-18(11-19(13-21)17-37)15-33-6-1-2-9-39-10-8-35-27-23-5-7-34-16-24(23)22-4-3-20(26(32)38)14-25(22)36-27/h3-5,7,11-14,16,33,37H,1-2,6,8-10,15,17H2,(H2,32,38)(H,35,36). The monoisotopic (exact) mass is 541 g/mol. The van der Waals surface area contributed by atoms with Gasteiger partial charge in [0.1, 0.15) is 5.82 Å². The minimum Gasteiger partial charge on any atom is -0.392 e. The lowest BCUT2D eigenvalue weighted by molar-refractivity contribution is -0.137. The number of fused-ring (bicyclic) bond motifs is 3. The van der Waals surface area contributed by atoms with Gasteiger partial charge in [0.05, 0.1) is 24.3 Å². The van der Waals surface area contributed by atoms with Crippen molar-refractivity contribution in [3.05, 3.63) is 77.1 Å². The van der Waals surface area contributed by atoms with E-state index in [1.807, 2.05) is 12.1 Å². The van der Waals surface area contributed by atoms with Crippen LogP contribution in [0.5, 0.6) is 0 Å². The maximum atomic E-state index is 13.0. The maximum absolute atomic E-state index is 13.0. The van der Waals surface area contributed by atoms with Crippen molar-refractivity contribution < 1.29 is 27.8 Å². The molecule has 39 heavy (non-hydrogen) atoms. The van der Waals surface area contributed by atoms with Crippen molar-refractivity contribution in [1.29, 1.82) is 0 Å². The second-order valence-electron chi connectivity index (χ2n) is 9.09. The number of pyridine rings is 2. The highest BCUT2D eigenvalue weighted by Crippen LogP contribution is 2.31. The Morgan fingerprint density at radius 1 is 0.974 bits per heavy atom. The van der Waals surface area contributed by atoms with E-state index in [1.54, 1.807) is 30.6 Å². The second kappa shape index (κ2) is 12.8. The normalized spacial score (nSPS) is 11.8. The molecule has 2 aromatic heterocycles. The number of aliphatic hydroxyl groups excluding tert-OH is 1. The number of aromatic nitrogens is 2. The Bertz CT molecular complexity index is 1450. The largest absolute Gasteiger partial charge is 0.416 e. The first-order valence-electron chi connectivity index (χ1n) is 12.6. The highest BCUT2D eigenvalue weighted by Gasteiger charge is 2.31. The number of anilines is 1. The van der Waals surface area contributed by atoms with Gasteiger partial charge in [0.15, 0.2) is 0 Å². The van der Waals surface area contributed by atoms with Crippen LogP contribution in [0.1, 0.15) is 39.9 Å². The maximum Gasteiger partial charge on any atom is 0.416 e. The van der Waals surface area contributed by atoms with Crippen LogP contribution in [0.25, 0.3) is 21.7 Å². The zero-order valence-electron chi connectivity index (χ0n) is 21.2. The summed E-state index contributed by atoms with van der Waals surface area (Å²) in [6, 6.07) is 10.7. The number of unbranched alkanes of at least 4 members (excludes halogenated alkanes) is 1. The Labute approximate surface area is 223 Å². The first-order valence-corrected chi connectivity index (χ1v) is 12.6. The number of hydrogen-bond donors (Lipinski definition) is 4. The van der Waals surface area contributed by atoms with Gasteiger partial charge >= 0.3 is 6.18 Å². The molecule has 0 saturated carbocycles. The van der Waals surface area contributed by atoms with Crippen LogP contribution in [-0.4, -0.2) is 47.3 Å². The molecule has 1 amide bonds. The van der Waals surface area contributed by atoms with E-state index in [-0.39, 0.29) is 12.1 Å². The molecule has 0 saturated heterocycles. The smallest absolute Gasteiger partial charge is 0.392 e. The predicted octanol–water partition coefficient (Wildman–Crippen LogP) is 4.39. The number of carbonyl (C=O) groups excluding carboxylic acids is 1. The molecule has 4 rings (SSSR count). The molecule has 0 atom stereocenters. The molecule has 2 heterocycles. The first-order chi connectivity index (χ1) is 18.8. The molecule has 8 nitrogen and oxygen atoms in total. The number of nitrogens with two attached hydrogens (primary N) is 1. The van der Waals surface area contributed by atoms with Crippen LogP contribution in [0, 0.1) is 0 Å². The van der Waals surface area contributed by atoms with E-state index in [2.05, 4.69) is 20.6 Å². The van der Waals surface area contributed by atoms with Gasteiger partial charge in [-0.3, -0.25) is 9.78 Å². The molecule has 2 aromatic carbocycles. The third-order valence-corrected chi connectivity index (χ3v) is 6.20. The number of nitrogens with one attached hydrogen (secondary N) is 2. The third kappa shape index (κ3) is 7.41. The Morgan fingerprint density at radius 3 is 2.56 bits per heavy atom. The zero-order valence-corrected chi connectivity index (χ0v) is 21.2. The van der Waals surface area contributed by atoms with Gasteiger partial charge < -0.3 is 26.2 Å². The van der Waals surface area contributed by atoms with Crippen molar-refractivity contribution in [2.45, 2.75) is 32.2 Å². The van der Waals surface area contributed by atoms with Crippen LogP contribution in [0.15, 0.2) is 54.9 Å². The zero-order chi connectivity index (χ0) is 27.8. The summed E-state index contributed by atoms with van der Waals surface area (Å²) in [5, 5.41) is 18.4. The van der Waals surface area contributed by atoms with Crippen LogP contribution in [0.3, 0.4) is 0 Å². The van der Waals surface area contributed by atoms with Crippen molar-refractivity contribution in [2.24, 2.45) is 5.73 Å². The van der Waals surface area contributed by atoms with Crippen LogP contribution >= 0.6 is 0 Å². The second-order valence-corrected chi connectivity index (χ2v) is 9.09. The number of ether oxygens (including phenoxy) is 1. The molecule has 0 bridgehead atoms. The Morgan fingerprint density at radius 2 is 1.79 bits per heavy atom. The van der Waals surface area contributed by atoms with Gasteiger partial charge in [0, 0.05) is 53.8 Å². The van der Waals surface area contributed by atoms with E-state index in [9.17, 15) is 23.1 Å². The molecule has 0 fully saturated rings. The SMILES string of the molecule is NC(=O)c1ccc2c(c1)nc(NCCOCCCCNCc1cc(CO)cc(C(F)(F)F)c1)c1ccncc12. The Kier molecular flexibility index (Phi) is 9.28. The molecular formula is C28H30F3N5O3. The number of nitrogens with zero attached hydrogens (tertiary/aromatic N) is 2. The minimum absolute atomic E-state index is 0.239. The van der Waals surface area contributed by atoms with Gasteiger partial charge in [0.2, 0.25) is 5.91 Å². The number of halogens is 3. The lowest BCUT2D eigenvalue weighted by atomic mass is 10.1. The van der Waals surface area contributed by atoms with E-state index in [0.29, 0.717) is 48.8 Å². The minimum atomic E-state index is -4.45. The summed E-state index contributed by atoms with van der Waals surface area (Å²) in [4.78, 5) is 20.5. The fraction of sp³-hybridized carbons (Fsp3) is 0.321. The van der Waals surface area contributed by atoms with Crippen molar-refractivity contribution in [3.63, 3.8) is 0 Å².